The summed E-state index contributed by atoms with van der Waals surface area (Å²) in [7, 11) is 1.85. The van der Waals surface area contributed by atoms with Crippen molar-refractivity contribution in [3.05, 3.63) is 24.0 Å². The van der Waals surface area contributed by atoms with Gasteiger partial charge in [0.05, 0.1) is 6.20 Å². The summed E-state index contributed by atoms with van der Waals surface area (Å²) >= 11 is 0. The van der Waals surface area contributed by atoms with Gasteiger partial charge >= 0.3 is 0 Å². The maximum absolute atomic E-state index is 11.7. The lowest BCUT2D eigenvalue weighted by Crippen LogP contribution is -2.31. The fraction of sp³-hybridized carbons (Fsp3) is 0.571. The van der Waals surface area contributed by atoms with Gasteiger partial charge in [-0.3, -0.25) is 9.48 Å². The third-order valence-corrected chi connectivity index (χ3v) is 2.72. The molecule has 0 aliphatic carbocycles. The van der Waals surface area contributed by atoms with Crippen molar-refractivity contribution in [3.63, 3.8) is 0 Å². The number of hydrogen-bond donors (Lipinski definition) is 1. The number of nitrogens with one attached hydrogen (secondary N) is 1. The van der Waals surface area contributed by atoms with Gasteiger partial charge in [-0.2, -0.15) is 5.10 Å². The standard InChI is InChI=1S/C14H23N3O/c1-11(2)5-6-12(3)16-14(18)8-7-13-9-15-17(4)10-13/h7-12H,5-6H2,1-4H3,(H,16,18)/b8-7+. The molecule has 100 valence electrons. The number of amides is 1. The first-order valence-electron chi connectivity index (χ1n) is 6.44. The van der Waals surface area contributed by atoms with Crippen LogP contribution in [0.25, 0.3) is 6.08 Å². The maximum atomic E-state index is 11.7. The van der Waals surface area contributed by atoms with Gasteiger partial charge in [-0.1, -0.05) is 13.8 Å². The zero-order valence-electron chi connectivity index (χ0n) is 11.7. The average Bonchev–Trinajstić information content (AvgIpc) is 2.70. The Bertz CT molecular complexity index is 407. The van der Waals surface area contributed by atoms with E-state index in [0.29, 0.717) is 5.92 Å². The van der Waals surface area contributed by atoms with Gasteiger partial charge in [-0.15, -0.1) is 0 Å². The lowest BCUT2D eigenvalue weighted by atomic mass is 10.0. The van der Waals surface area contributed by atoms with Crippen LogP contribution in [0.4, 0.5) is 0 Å². The number of carbonyl (C=O) groups excluding carboxylic acids is 1. The van der Waals surface area contributed by atoms with Gasteiger partial charge in [0, 0.05) is 30.9 Å². The van der Waals surface area contributed by atoms with Crippen LogP contribution in [0.5, 0.6) is 0 Å². The fourth-order valence-electron chi connectivity index (χ4n) is 1.64. The van der Waals surface area contributed by atoms with E-state index in [-0.39, 0.29) is 11.9 Å². The molecular weight excluding hydrogens is 226 g/mol. The third kappa shape index (κ3) is 5.66. The molecule has 4 nitrogen and oxygen atoms in total. The molecule has 0 fully saturated rings. The molecule has 1 rings (SSSR count). The molecule has 1 aromatic rings. The van der Waals surface area contributed by atoms with Crippen molar-refractivity contribution in [3.8, 4) is 0 Å². The fourth-order valence-corrected chi connectivity index (χ4v) is 1.64. The molecule has 1 aromatic heterocycles. The van der Waals surface area contributed by atoms with E-state index in [1.54, 1.807) is 23.0 Å². The van der Waals surface area contributed by atoms with Crippen LogP contribution in [-0.4, -0.2) is 21.7 Å². The topological polar surface area (TPSA) is 46.9 Å². The van der Waals surface area contributed by atoms with Crippen molar-refractivity contribution < 1.29 is 4.79 Å². The molecule has 1 atom stereocenters. The highest BCUT2D eigenvalue weighted by atomic mass is 16.1. The van der Waals surface area contributed by atoms with Crippen molar-refractivity contribution in [2.75, 3.05) is 0 Å². The van der Waals surface area contributed by atoms with Gasteiger partial charge in [0.25, 0.3) is 0 Å². The van der Waals surface area contributed by atoms with E-state index in [4.69, 9.17) is 0 Å². The van der Waals surface area contributed by atoms with E-state index >= 15 is 0 Å². The van der Waals surface area contributed by atoms with Crippen LogP contribution in [0.2, 0.25) is 0 Å². The number of nitrogens with zero attached hydrogens (tertiary/aromatic N) is 2. The summed E-state index contributed by atoms with van der Waals surface area (Å²) in [6.07, 6.45) is 9.08. The van der Waals surface area contributed by atoms with E-state index in [1.807, 2.05) is 20.2 Å². The SMILES string of the molecule is CC(C)CCC(C)NC(=O)/C=C/c1cnn(C)c1. The number of hydrogen-bond acceptors (Lipinski definition) is 2. The predicted molar refractivity (Wildman–Crippen MR) is 73.9 cm³/mol. The lowest BCUT2D eigenvalue weighted by Gasteiger charge is -2.13. The monoisotopic (exact) mass is 249 g/mol. The lowest BCUT2D eigenvalue weighted by molar-refractivity contribution is -0.117. The second kappa shape index (κ2) is 6.99. The van der Waals surface area contributed by atoms with Crippen molar-refractivity contribution >= 4 is 12.0 Å². The number of aromatic nitrogens is 2. The van der Waals surface area contributed by atoms with Crippen LogP contribution in [0.3, 0.4) is 0 Å². The zero-order chi connectivity index (χ0) is 13.5. The first kappa shape index (κ1) is 14.5. The molecule has 0 aliphatic rings. The molecule has 0 bridgehead atoms. The summed E-state index contributed by atoms with van der Waals surface area (Å²) < 4.78 is 1.71. The maximum Gasteiger partial charge on any atom is 0.244 e. The Morgan fingerprint density at radius 1 is 1.44 bits per heavy atom. The quantitative estimate of drug-likeness (QED) is 0.787. The summed E-state index contributed by atoms with van der Waals surface area (Å²) in [5.41, 5.74) is 0.933. The number of rotatable bonds is 6. The Hall–Kier alpha value is -1.58. The molecule has 0 radical (unpaired) electrons. The van der Waals surface area contributed by atoms with Crippen molar-refractivity contribution in [1.29, 1.82) is 0 Å². The Balaban J connectivity index is 2.34. The van der Waals surface area contributed by atoms with Crippen molar-refractivity contribution in [2.24, 2.45) is 13.0 Å². The molecule has 1 N–H and O–H groups in total. The van der Waals surface area contributed by atoms with Gasteiger partial charge in [0.15, 0.2) is 0 Å². The third-order valence-electron chi connectivity index (χ3n) is 2.72. The first-order valence-corrected chi connectivity index (χ1v) is 6.44. The molecule has 18 heavy (non-hydrogen) atoms. The van der Waals surface area contributed by atoms with E-state index in [9.17, 15) is 4.79 Å². The smallest absolute Gasteiger partial charge is 0.244 e. The summed E-state index contributed by atoms with van der Waals surface area (Å²) in [5.74, 6) is 0.630. The summed E-state index contributed by atoms with van der Waals surface area (Å²) in [5, 5.41) is 7.00. The molecule has 0 aromatic carbocycles. The van der Waals surface area contributed by atoms with Crippen LogP contribution in [0.15, 0.2) is 18.5 Å². The van der Waals surface area contributed by atoms with Crippen LogP contribution < -0.4 is 5.32 Å². The minimum absolute atomic E-state index is 0.0462. The molecule has 0 spiro atoms. The molecule has 0 saturated heterocycles. The minimum Gasteiger partial charge on any atom is -0.350 e. The normalized spacial score (nSPS) is 13.2. The van der Waals surface area contributed by atoms with Crippen LogP contribution >= 0.6 is 0 Å². The molecule has 1 heterocycles. The van der Waals surface area contributed by atoms with E-state index in [2.05, 4.69) is 24.3 Å². The molecule has 1 amide bonds. The zero-order valence-corrected chi connectivity index (χ0v) is 11.7. The number of carbonyl (C=O) groups is 1. The largest absolute Gasteiger partial charge is 0.350 e. The minimum atomic E-state index is -0.0462. The van der Waals surface area contributed by atoms with Crippen molar-refractivity contribution in [1.82, 2.24) is 15.1 Å². The Morgan fingerprint density at radius 3 is 2.72 bits per heavy atom. The van der Waals surface area contributed by atoms with E-state index < -0.39 is 0 Å². The van der Waals surface area contributed by atoms with Crippen LogP contribution in [0.1, 0.15) is 39.2 Å². The van der Waals surface area contributed by atoms with Crippen LogP contribution in [0, 0.1) is 5.92 Å². The van der Waals surface area contributed by atoms with Crippen LogP contribution in [-0.2, 0) is 11.8 Å². The summed E-state index contributed by atoms with van der Waals surface area (Å²) in [6, 6.07) is 0.221. The highest BCUT2D eigenvalue weighted by Crippen LogP contribution is 2.06. The Morgan fingerprint density at radius 2 is 2.17 bits per heavy atom. The van der Waals surface area contributed by atoms with E-state index in [1.165, 1.54) is 0 Å². The van der Waals surface area contributed by atoms with Gasteiger partial charge in [-0.05, 0) is 31.8 Å². The molecule has 4 heteroatoms. The first-order chi connectivity index (χ1) is 8.47. The van der Waals surface area contributed by atoms with Gasteiger partial charge in [0.1, 0.15) is 0 Å². The molecule has 0 aliphatic heterocycles. The van der Waals surface area contributed by atoms with Crippen molar-refractivity contribution in [2.45, 2.75) is 39.7 Å². The highest BCUT2D eigenvalue weighted by molar-refractivity contribution is 5.91. The Kier molecular flexibility index (Phi) is 5.62. The summed E-state index contributed by atoms with van der Waals surface area (Å²) in [6.45, 7) is 6.42. The van der Waals surface area contributed by atoms with Gasteiger partial charge in [0.2, 0.25) is 5.91 Å². The highest BCUT2D eigenvalue weighted by Gasteiger charge is 2.05. The van der Waals surface area contributed by atoms with Gasteiger partial charge < -0.3 is 5.32 Å². The average molecular weight is 249 g/mol. The van der Waals surface area contributed by atoms with Gasteiger partial charge in [-0.25, -0.2) is 0 Å². The number of aryl methyl sites for hydroxylation is 1. The predicted octanol–water partition coefficient (Wildman–Crippen LogP) is 2.37. The second-order valence-corrected chi connectivity index (χ2v) is 5.16. The Labute approximate surface area is 109 Å². The molecule has 0 saturated carbocycles. The molecule has 1 unspecified atom stereocenters. The summed E-state index contributed by atoms with van der Waals surface area (Å²) in [4.78, 5) is 11.7. The second-order valence-electron chi connectivity index (χ2n) is 5.16. The van der Waals surface area contributed by atoms with E-state index in [0.717, 1.165) is 18.4 Å². The molecular formula is C14H23N3O.